The van der Waals surface area contributed by atoms with Crippen molar-refractivity contribution in [2.75, 3.05) is 0 Å². The summed E-state index contributed by atoms with van der Waals surface area (Å²) < 4.78 is 15.3. The molecule has 5 nitrogen and oxygen atoms in total. The molecule has 94 valence electrons. The lowest BCUT2D eigenvalue weighted by molar-refractivity contribution is 0.0691. The molecule has 0 aliphatic rings. The molecule has 19 heavy (non-hydrogen) atoms. The summed E-state index contributed by atoms with van der Waals surface area (Å²) in [7, 11) is 0. The first kappa shape index (κ1) is 11.3. The minimum absolute atomic E-state index is 0.128. The molecule has 0 atom stereocenters. The number of aromatic nitrogens is 3. The Bertz CT molecular complexity index is 782. The summed E-state index contributed by atoms with van der Waals surface area (Å²) in [6.45, 7) is 0. The van der Waals surface area contributed by atoms with Crippen LogP contribution < -0.4 is 0 Å². The molecule has 0 bridgehead atoms. The summed E-state index contributed by atoms with van der Waals surface area (Å²) in [6.07, 6.45) is 2.79. The van der Waals surface area contributed by atoms with E-state index in [2.05, 4.69) is 9.97 Å². The number of benzene rings is 1. The Morgan fingerprint density at radius 3 is 2.79 bits per heavy atom. The van der Waals surface area contributed by atoms with Gasteiger partial charge in [-0.3, -0.25) is 4.40 Å². The van der Waals surface area contributed by atoms with E-state index in [-0.39, 0.29) is 17.3 Å². The van der Waals surface area contributed by atoms with E-state index in [9.17, 15) is 9.18 Å². The zero-order valence-corrected chi connectivity index (χ0v) is 9.62. The maximum Gasteiger partial charge on any atom is 0.356 e. The van der Waals surface area contributed by atoms with Crippen LogP contribution in [-0.2, 0) is 0 Å². The molecule has 0 unspecified atom stereocenters. The number of imidazole rings is 1. The minimum Gasteiger partial charge on any atom is -0.476 e. The normalized spacial score (nSPS) is 10.8. The fourth-order valence-electron chi connectivity index (χ4n) is 1.89. The zero-order valence-electron chi connectivity index (χ0n) is 9.62. The summed E-state index contributed by atoms with van der Waals surface area (Å²) >= 11 is 0. The van der Waals surface area contributed by atoms with Gasteiger partial charge in [-0.25, -0.2) is 19.2 Å². The van der Waals surface area contributed by atoms with E-state index < -0.39 is 5.97 Å². The van der Waals surface area contributed by atoms with E-state index in [1.807, 2.05) is 0 Å². The number of fused-ring (bicyclic) bond motifs is 1. The number of rotatable bonds is 2. The highest BCUT2D eigenvalue weighted by atomic mass is 19.1. The average Bonchev–Trinajstić information content (AvgIpc) is 2.83. The second-order valence-electron chi connectivity index (χ2n) is 3.91. The number of nitrogens with zero attached hydrogens (tertiary/aromatic N) is 3. The fourth-order valence-corrected chi connectivity index (χ4v) is 1.89. The fraction of sp³-hybridized carbons (Fsp3) is 0. The Labute approximate surface area is 107 Å². The molecule has 0 fully saturated rings. The largest absolute Gasteiger partial charge is 0.476 e. The van der Waals surface area contributed by atoms with Crippen LogP contribution in [0.15, 0.2) is 42.7 Å². The highest BCUT2D eigenvalue weighted by molar-refractivity contribution is 5.86. The Balaban J connectivity index is 2.30. The van der Waals surface area contributed by atoms with Gasteiger partial charge in [-0.1, -0.05) is 12.1 Å². The molecule has 3 rings (SSSR count). The second kappa shape index (κ2) is 4.16. The van der Waals surface area contributed by atoms with Gasteiger partial charge in [0.1, 0.15) is 5.82 Å². The van der Waals surface area contributed by atoms with E-state index >= 15 is 0 Å². The molecule has 1 N–H and O–H groups in total. The molecule has 0 amide bonds. The third-order valence-electron chi connectivity index (χ3n) is 2.74. The first-order valence-corrected chi connectivity index (χ1v) is 5.49. The summed E-state index contributed by atoms with van der Waals surface area (Å²) in [5.74, 6) is -1.32. The van der Waals surface area contributed by atoms with Crippen molar-refractivity contribution in [3.63, 3.8) is 0 Å². The molecule has 3 aromatic rings. The molecule has 0 radical (unpaired) electrons. The Morgan fingerprint density at radius 1 is 1.26 bits per heavy atom. The lowest BCUT2D eigenvalue weighted by Gasteiger charge is -2.05. The Morgan fingerprint density at radius 2 is 2.05 bits per heavy atom. The lowest BCUT2D eigenvalue weighted by Crippen LogP contribution is -1.95. The molecular formula is C13H8FN3O2. The predicted molar refractivity (Wildman–Crippen MR) is 65.3 cm³/mol. The van der Waals surface area contributed by atoms with Gasteiger partial charge >= 0.3 is 5.97 Å². The third kappa shape index (κ3) is 1.83. The van der Waals surface area contributed by atoms with Crippen LogP contribution in [0.5, 0.6) is 0 Å². The summed E-state index contributed by atoms with van der Waals surface area (Å²) in [5, 5.41) is 8.92. The SMILES string of the molecule is O=C(O)c1cn2c(-c3ccccc3F)ccnc2n1. The zero-order chi connectivity index (χ0) is 13.4. The van der Waals surface area contributed by atoms with Crippen molar-refractivity contribution in [1.82, 2.24) is 14.4 Å². The van der Waals surface area contributed by atoms with Crippen molar-refractivity contribution in [2.24, 2.45) is 0 Å². The van der Waals surface area contributed by atoms with Gasteiger partial charge in [-0.05, 0) is 18.2 Å². The van der Waals surface area contributed by atoms with Gasteiger partial charge in [0.05, 0.1) is 5.69 Å². The van der Waals surface area contributed by atoms with Crippen LogP contribution in [-0.4, -0.2) is 25.4 Å². The standard InChI is InChI=1S/C13H8FN3O2/c14-9-4-2-1-3-8(9)11-5-6-15-13-16-10(12(18)19)7-17(11)13/h1-7H,(H,18,19). The topological polar surface area (TPSA) is 67.5 Å². The van der Waals surface area contributed by atoms with Crippen LogP contribution in [0.3, 0.4) is 0 Å². The van der Waals surface area contributed by atoms with Gasteiger partial charge in [-0.2, -0.15) is 0 Å². The van der Waals surface area contributed by atoms with Crippen molar-refractivity contribution in [2.45, 2.75) is 0 Å². The number of hydrogen-bond acceptors (Lipinski definition) is 3. The van der Waals surface area contributed by atoms with Gasteiger partial charge in [0.2, 0.25) is 5.78 Å². The van der Waals surface area contributed by atoms with Gasteiger partial charge in [0, 0.05) is 18.0 Å². The van der Waals surface area contributed by atoms with E-state index in [0.29, 0.717) is 11.3 Å². The van der Waals surface area contributed by atoms with Crippen LogP contribution >= 0.6 is 0 Å². The molecule has 0 spiro atoms. The molecule has 0 saturated heterocycles. The summed E-state index contributed by atoms with van der Waals surface area (Å²) in [5.41, 5.74) is 0.739. The second-order valence-corrected chi connectivity index (χ2v) is 3.91. The van der Waals surface area contributed by atoms with Gasteiger partial charge < -0.3 is 5.11 Å². The Hall–Kier alpha value is -2.76. The quantitative estimate of drug-likeness (QED) is 0.764. The molecule has 0 saturated carbocycles. The highest BCUT2D eigenvalue weighted by Crippen LogP contribution is 2.22. The van der Waals surface area contributed by atoms with Gasteiger partial charge in [0.25, 0.3) is 0 Å². The van der Waals surface area contributed by atoms with Crippen molar-refractivity contribution < 1.29 is 14.3 Å². The number of halogens is 1. The van der Waals surface area contributed by atoms with Crippen LogP contribution in [0, 0.1) is 5.82 Å². The molecule has 2 heterocycles. The Kier molecular flexibility index (Phi) is 2.49. The van der Waals surface area contributed by atoms with Crippen LogP contribution in [0.2, 0.25) is 0 Å². The molecule has 0 aliphatic heterocycles. The highest BCUT2D eigenvalue weighted by Gasteiger charge is 2.13. The molecule has 0 aliphatic carbocycles. The van der Waals surface area contributed by atoms with Crippen molar-refractivity contribution in [1.29, 1.82) is 0 Å². The van der Waals surface area contributed by atoms with E-state index in [1.54, 1.807) is 24.3 Å². The van der Waals surface area contributed by atoms with E-state index in [0.717, 1.165) is 0 Å². The summed E-state index contributed by atoms with van der Waals surface area (Å²) in [4.78, 5) is 18.7. The molecule has 2 aromatic heterocycles. The summed E-state index contributed by atoms with van der Waals surface area (Å²) in [6, 6.07) is 7.87. The maximum absolute atomic E-state index is 13.8. The number of carbonyl (C=O) groups is 1. The number of aromatic carboxylic acids is 1. The minimum atomic E-state index is -1.15. The number of carboxylic acid groups (broad SMARTS) is 1. The van der Waals surface area contributed by atoms with Crippen LogP contribution in [0.4, 0.5) is 4.39 Å². The van der Waals surface area contributed by atoms with Crippen molar-refractivity contribution >= 4 is 11.7 Å². The number of carboxylic acids is 1. The average molecular weight is 257 g/mol. The monoisotopic (exact) mass is 257 g/mol. The first-order valence-electron chi connectivity index (χ1n) is 5.49. The van der Waals surface area contributed by atoms with Crippen molar-refractivity contribution in [3.8, 4) is 11.3 Å². The third-order valence-corrected chi connectivity index (χ3v) is 2.74. The lowest BCUT2D eigenvalue weighted by atomic mass is 10.1. The van der Waals surface area contributed by atoms with E-state index in [4.69, 9.17) is 5.11 Å². The predicted octanol–water partition coefficient (Wildman–Crippen LogP) is 2.23. The number of hydrogen-bond donors (Lipinski definition) is 1. The van der Waals surface area contributed by atoms with Crippen molar-refractivity contribution in [3.05, 3.63) is 54.2 Å². The van der Waals surface area contributed by atoms with E-state index in [1.165, 1.54) is 22.9 Å². The van der Waals surface area contributed by atoms with Gasteiger partial charge in [-0.15, -0.1) is 0 Å². The first-order chi connectivity index (χ1) is 9.16. The molecule has 1 aromatic carbocycles. The van der Waals surface area contributed by atoms with Crippen LogP contribution in [0.25, 0.3) is 17.0 Å². The molecular weight excluding hydrogens is 249 g/mol. The smallest absolute Gasteiger partial charge is 0.356 e. The maximum atomic E-state index is 13.8. The van der Waals surface area contributed by atoms with Crippen LogP contribution in [0.1, 0.15) is 10.5 Å². The van der Waals surface area contributed by atoms with Gasteiger partial charge in [0.15, 0.2) is 5.69 Å². The molecule has 6 heteroatoms.